The molecule has 0 aliphatic carbocycles. The number of hydrogen-bond acceptors (Lipinski definition) is 3. The largest absolute Gasteiger partial charge is 0.494 e. The second-order valence-corrected chi connectivity index (χ2v) is 5.54. The summed E-state index contributed by atoms with van der Waals surface area (Å²) in [4.78, 5) is 23.9. The number of benzene rings is 2. The minimum Gasteiger partial charge on any atom is -0.494 e. The highest BCUT2D eigenvalue weighted by Gasteiger charge is 2.30. The van der Waals surface area contributed by atoms with E-state index < -0.39 is 17.6 Å². The zero-order chi connectivity index (χ0) is 19.9. The van der Waals surface area contributed by atoms with Gasteiger partial charge in [0.2, 0.25) is 0 Å². The fourth-order valence-corrected chi connectivity index (χ4v) is 2.24. The van der Waals surface area contributed by atoms with Crippen LogP contribution in [-0.2, 0) is 6.18 Å². The molecule has 0 bridgehead atoms. The molecule has 0 aliphatic heterocycles. The second kappa shape index (κ2) is 9.07. The number of rotatable bonds is 7. The van der Waals surface area contributed by atoms with Crippen LogP contribution in [0.15, 0.2) is 48.5 Å². The Morgan fingerprint density at radius 1 is 0.852 bits per heavy atom. The molecular formula is C19H19F3N2O3. The van der Waals surface area contributed by atoms with Gasteiger partial charge in [-0.05, 0) is 55.5 Å². The molecule has 0 unspecified atom stereocenters. The zero-order valence-electron chi connectivity index (χ0n) is 14.6. The van der Waals surface area contributed by atoms with Crippen LogP contribution in [0, 0.1) is 0 Å². The van der Waals surface area contributed by atoms with Gasteiger partial charge in [-0.25, -0.2) is 0 Å². The summed E-state index contributed by atoms with van der Waals surface area (Å²) in [5.41, 5.74) is -0.255. The van der Waals surface area contributed by atoms with Crippen molar-refractivity contribution in [3.8, 4) is 5.75 Å². The van der Waals surface area contributed by atoms with E-state index in [-0.39, 0.29) is 24.6 Å². The molecule has 2 aromatic carbocycles. The Labute approximate surface area is 154 Å². The minimum absolute atomic E-state index is 0.112. The van der Waals surface area contributed by atoms with E-state index in [9.17, 15) is 22.8 Å². The molecule has 0 spiro atoms. The molecule has 2 N–H and O–H groups in total. The first-order valence-electron chi connectivity index (χ1n) is 8.27. The first kappa shape index (κ1) is 20.3. The molecule has 2 amide bonds. The predicted molar refractivity (Wildman–Crippen MR) is 93.7 cm³/mol. The molecule has 27 heavy (non-hydrogen) atoms. The van der Waals surface area contributed by atoms with Gasteiger partial charge in [-0.3, -0.25) is 9.59 Å². The van der Waals surface area contributed by atoms with Crippen LogP contribution >= 0.6 is 0 Å². The van der Waals surface area contributed by atoms with Crippen LogP contribution in [0.3, 0.4) is 0 Å². The van der Waals surface area contributed by atoms with Crippen LogP contribution in [0.25, 0.3) is 0 Å². The van der Waals surface area contributed by atoms with Gasteiger partial charge >= 0.3 is 6.18 Å². The van der Waals surface area contributed by atoms with Crippen LogP contribution in [0.4, 0.5) is 13.2 Å². The standard InChI is InChI=1S/C19H19F3N2O3/c1-2-27-16-9-5-14(6-10-16)18(26)24-12-11-23-17(25)13-3-7-15(8-4-13)19(20,21)22/h3-10H,2,11-12H2,1H3,(H,23,25)(H,24,26). The Kier molecular flexibility index (Phi) is 6.81. The average molecular weight is 380 g/mol. The number of amides is 2. The van der Waals surface area contributed by atoms with E-state index in [2.05, 4.69) is 10.6 Å². The highest BCUT2D eigenvalue weighted by atomic mass is 19.4. The maximum atomic E-state index is 12.5. The van der Waals surface area contributed by atoms with Gasteiger partial charge < -0.3 is 15.4 Å². The Balaban J connectivity index is 1.77. The van der Waals surface area contributed by atoms with Crippen LogP contribution in [0.2, 0.25) is 0 Å². The van der Waals surface area contributed by atoms with Crippen LogP contribution in [-0.4, -0.2) is 31.5 Å². The van der Waals surface area contributed by atoms with Crippen molar-refractivity contribution >= 4 is 11.8 Å². The van der Waals surface area contributed by atoms with Crippen molar-refractivity contribution in [1.82, 2.24) is 10.6 Å². The molecule has 5 nitrogen and oxygen atoms in total. The fraction of sp³-hybridized carbons (Fsp3) is 0.263. The number of nitrogens with one attached hydrogen (secondary N) is 2. The van der Waals surface area contributed by atoms with Gasteiger partial charge in [0.05, 0.1) is 12.2 Å². The quantitative estimate of drug-likeness (QED) is 0.725. The fourth-order valence-electron chi connectivity index (χ4n) is 2.24. The summed E-state index contributed by atoms with van der Waals surface area (Å²) < 4.78 is 42.8. The van der Waals surface area contributed by atoms with E-state index in [1.807, 2.05) is 6.92 Å². The van der Waals surface area contributed by atoms with Gasteiger partial charge in [0, 0.05) is 24.2 Å². The van der Waals surface area contributed by atoms with Gasteiger partial charge in [-0.1, -0.05) is 0 Å². The monoisotopic (exact) mass is 380 g/mol. The molecule has 0 heterocycles. The Morgan fingerprint density at radius 2 is 1.30 bits per heavy atom. The second-order valence-electron chi connectivity index (χ2n) is 5.54. The minimum atomic E-state index is -4.44. The molecule has 0 saturated carbocycles. The molecule has 2 aromatic rings. The van der Waals surface area contributed by atoms with Gasteiger partial charge in [-0.15, -0.1) is 0 Å². The van der Waals surface area contributed by atoms with E-state index in [4.69, 9.17) is 4.74 Å². The predicted octanol–water partition coefficient (Wildman–Crippen LogP) is 3.26. The van der Waals surface area contributed by atoms with Crippen molar-refractivity contribution < 1.29 is 27.5 Å². The third-order valence-corrected chi connectivity index (χ3v) is 3.60. The van der Waals surface area contributed by atoms with Crippen molar-refractivity contribution in [3.05, 3.63) is 65.2 Å². The van der Waals surface area contributed by atoms with E-state index >= 15 is 0 Å². The number of carbonyl (C=O) groups is 2. The summed E-state index contributed by atoms with van der Waals surface area (Å²) in [6.45, 7) is 2.71. The normalized spacial score (nSPS) is 11.0. The summed E-state index contributed by atoms with van der Waals surface area (Å²) in [6.07, 6.45) is -4.44. The van der Waals surface area contributed by atoms with E-state index in [1.165, 1.54) is 0 Å². The number of alkyl halides is 3. The lowest BCUT2D eigenvalue weighted by Gasteiger charge is -2.09. The van der Waals surface area contributed by atoms with E-state index in [0.29, 0.717) is 17.9 Å². The van der Waals surface area contributed by atoms with Crippen molar-refractivity contribution in [2.45, 2.75) is 13.1 Å². The zero-order valence-corrected chi connectivity index (χ0v) is 14.6. The SMILES string of the molecule is CCOc1ccc(C(=O)NCCNC(=O)c2ccc(C(F)(F)F)cc2)cc1. The van der Waals surface area contributed by atoms with Crippen molar-refractivity contribution in [2.75, 3.05) is 19.7 Å². The lowest BCUT2D eigenvalue weighted by molar-refractivity contribution is -0.137. The molecular weight excluding hydrogens is 361 g/mol. The van der Waals surface area contributed by atoms with Gasteiger partial charge in [0.15, 0.2) is 0 Å². The number of ether oxygens (including phenoxy) is 1. The molecule has 0 fully saturated rings. The smallest absolute Gasteiger partial charge is 0.416 e. The molecule has 0 saturated heterocycles. The summed E-state index contributed by atoms with van der Waals surface area (Å²) >= 11 is 0. The lowest BCUT2D eigenvalue weighted by Crippen LogP contribution is -2.34. The highest BCUT2D eigenvalue weighted by Crippen LogP contribution is 2.29. The summed E-state index contributed by atoms with van der Waals surface area (Å²) in [7, 11) is 0. The molecule has 2 rings (SSSR count). The number of halogens is 3. The van der Waals surface area contributed by atoms with Crippen molar-refractivity contribution in [1.29, 1.82) is 0 Å². The van der Waals surface area contributed by atoms with Crippen molar-refractivity contribution in [2.24, 2.45) is 0 Å². The van der Waals surface area contributed by atoms with Crippen LogP contribution in [0.1, 0.15) is 33.2 Å². The Bertz CT molecular complexity index is 772. The number of carbonyl (C=O) groups excluding carboxylic acids is 2. The Hall–Kier alpha value is -3.03. The molecule has 8 heteroatoms. The third-order valence-electron chi connectivity index (χ3n) is 3.60. The maximum absolute atomic E-state index is 12.5. The molecule has 0 atom stereocenters. The van der Waals surface area contributed by atoms with Crippen LogP contribution < -0.4 is 15.4 Å². The molecule has 0 aliphatic rings. The molecule has 0 radical (unpaired) electrons. The first-order valence-corrected chi connectivity index (χ1v) is 8.27. The summed E-state index contributed by atoms with van der Waals surface area (Å²) in [5.74, 6) is -0.154. The number of hydrogen-bond donors (Lipinski definition) is 2. The lowest BCUT2D eigenvalue weighted by atomic mass is 10.1. The van der Waals surface area contributed by atoms with Gasteiger partial charge in [0.1, 0.15) is 5.75 Å². The van der Waals surface area contributed by atoms with Crippen molar-refractivity contribution in [3.63, 3.8) is 0 Å². The highest BCUT2D eigenvalue weighted by molar-refractivity contribution is 5.95. The first-order chi connectivity index (χ1) is 12.8. The summed E-state index contributed by atoms with van der Waals surface area (Å²) in [5, 5.41) is 5.18. The van der Waals surface area contributed by atoms with E-state index in [1.54, 1.807) is 24.3 Å². The Morgan fingerprint density at radius 3 is 1.70 bits per heavy atom. The topological polar surface area (TPSA) is 67.4 Å². The molecule has 0 aromatic heterocycles. The third kappa shape index (κ3) is 6.02. The summed E-state index contributed by atoms with van der Waals surface area (Å²) in [6, 6.07) is 10.5. The van der Waals surface area contributed by atoms with Gasteiger partial charge in [-0.2, -0.15) is 13.2 Å². The molecule has 144 valence electrons. The maximum Gasteiger partial charge on any atom is 0.416 e. The van der Waals surface area contributed by atoms with Crippen LogP contribution in [0.5, 0.6) is 5.75 Å². The average Bonchev–Trinajstić information content (AvgIpc) is 2.65. The van der Waals surface area contributed by atoms with Gasteiger partial charge in [0.25, 0.3) is 11.8 Å². The van der Waals surface area contributed by atoms with E-state index in [0.717, 1.165) is 24.3 Å².